The molecule has 0 atom stereocenters. The summed E-state index contributed by atoms with van der Waals surface area (Å²) in [6.45, 7) is 6.48. The quantitative estimate of drug-likeness (QED) is 0.733. The molecule has 1 nitrogen and oxygen atoms in total. The van der Waals surface area contributed by atoms with Gasteiger partial charge in [-0.15, -0.1) is 11.3 Å². The van der Waals surface area contributed by atoms with Gasteiger partial charge in [-0.3, -0.25) is 0 Å². The smallest absolute Gasteiger partial charge is 0.123 e. The lowest BCUT2D eigenvalue weighted by Crippen LogP contribution is -1.91. The van der Waals surface area contributed by atoms with Gasteiger partial charge in [0.25, 0.3) is 0 Å². The molecular weight excluding hydrogens is 202 g/mol. The number of aryl methyl sites for hydroxylation is 1. The van der Waals surface area contributed by atoms with Crippen molar-refractivity contribution in [3.8, 4) is 10.6 Å². The van der Waals surface area contributed by atoms with Crippen LogP contribution < -0.4 is 0 Å². The maximum atomic E-state index is 4.54. The average Bonchev–Trinajstić information content (AvgIpc) is 2.65. The molecule has 1 heterocycles. The molecule has 0 radical (unpaired) electrons. The summed E-state index contributed by atoms with van der Waals surface area (Å²) in [7, 11) is 0. The van der Waals surface area contributed by atoms with Crippen molar-refractivity contribution in [1.29, 1.82) is 0 Å². The second-order valence-electron chi connectivity index (χ2n) is 4.04. The van der Waals surface area contributed by atoms with E-state index in [2.05, 4.69) is 48.5 Å². The van der Waals surface area contributed by atoms with Crippen LogP contribution in [0.4, 0.5) is 0 Å². The van der Waals surface area contributed by atoms with Gasteiger partial charge in [0.2, 0.25) is 0 Å². The third kappa shape index (κ3) is 2.10. The number of hydrogen-bond acceptors (Lipinski definition) is 2. The Morgan fingerprint density at radius 3 is 2.53 bits per heavy atom. The Balaban J connectivity index is 2.52. The molecule has 15 heavy (non-hydrogen) atoms. The zero-order valence-corrected chi connectivity index (χ0v) is 10.1. The summed E-state index contributed by atoms with van der Waals surface area (Å²) in [5.41, 5.74) is 3.77. The Hall–Kier alpha value is -1.15. The van der Waals surface area contributed by atoms with E-state index >= 15 is 0 Å². The normalized spacial score (nSPS) is 10.9. The van der Waals surface area contributed by atoms with Gasteiger partial charge >= 0.3 is 0 Å². The van der Waals surface area contributed by atoms with Crippen molar-refractivity contribution in [2.75, 3.05) is 0 Å². The van der Waals surface area contributed by atoms with E-state index in [1.54, 1.807) is 11.3 Å². The van der Waals surface area contributed by atoms with Crippen LogP contribution in [0.25, 0.3) is 10.6 Å². The van der Waals surface area contributed by atoms with E-state index < -0.39 is 0 Å². The van der Waals surface area contributed by atoms with Crippen LogP contribution in [0.1, 0.15) is 31.0 Å². The SMILES string of the molecule is Cc1csc(-c2ccccc2C(C)C)n1. The molecule has 2 aromatic rings. The van der Waals surface area contributed by atoms with Crippen molar-refractivity contribution in [3.63, 3.8) is 0 Å². The van der Waals surface area contributed by atoms with Crippen molar-refractivity contribution >= 4 is 11.3 Å². The molecule has 0 N–H and O–H groups in total. The highest BCUT2D eigenvalue weighted by atomic mass is 32.1. The molecule has 0 amide bonds. The monoisotopic (exact) mass is 217 g/mol. The van der Waals surface area contributed by atoms with Gasteiger partial charge < -0.3 is 0 Å². The summed E-state index contributed by atoms with van der Waals surface area (Å²) in [5.74, 6) is 0.547. The lowest BCUT2D eigenvalue weighted by Gasteiger charge is -2.09. The van der Waals surface area contributed by atoms with Crippen molar-refractivity contribution in [2.45, 2.75) is 26.7 Å². The van der Waals surface area contributed by atoms with E-state index in [1.807, 2.05) is 6.92 Å². The first kappa shape index (κ1) is 10.4. The third-order valence-electron chi connectivity index (χ3n) is 2.43. The topological polar surface area (TPSA) is 12.9 Å². The Kier molecular flexibility index (Phi) is 2.87. The summed E-state index contributed by atoms with van der Waals surface area (Å²) in [6.07, 6.45) is 0. The van der Waals surface area contributed by atoms with Gasteiger partial charge in [-0.25, -0.2) is 4.98 Å². The zero-order chi connectivity index (χ0) is 10.8. The number of hydrogen-bond donors (Lipinski definition) is 0. The summed E-state index contributed by atoms with van der Waals surface area (Å²) in [6, 6.07) is 8.53. The molecule has 0 saturated carbocycles. The van der Waals surface area contributed by atoms with Gasteiger partial charge in [-0.05, 0) is 18.4 Å². The highest BCUT2D eigenvalue weighted by molar-refractivity contribution is 7.13. The minimum atomic E-state index is 0.547. The second-order valence-corrected chi connectivity index (χ2v) is 4.89. The molecule has 2 rings (SSSR count). The minimum Gasteiger partial charge on any atom is -0.241 e. The van der Waals surface area contributed by atoms with E-state index in [0.29, 0.717) is 5.92 Å². The average molecular weight is 217 g/mol. The number of thiazole rings is 1. The van der Waals surface area contributed by atoms with Crippen LogP contribution in [0.3, 0.4) is 0 Å². The molecule has 0 unspecified atom stereocenters. The third-order valence-corrected chi connectivity index (χ3v) is 3.43. The largest absolute Gasteiger partial charge is 0.241 e. The van der Waals surface area contributed by atoms with Crippen LogP contribution in [0.2, 0.25) is 0 Å². The zero-order valence-electron chi connectivity index (χ0n) is 9.32. The maximum Gasteiger partial charge on any atom is 0.123 e. The molecule has 1 aromatic heterocycles. The summed E-state index contributed by atoms with van der Waals surface area (Å²) in [5, 5.41) is 3.24. The molecule has 0 aliphatic carbocycles. The lowest BCUT2D eigenvalue weighted by molar-refractivity contribution is 0.868. The van der Waals surface area contributed by atoms with Gasteiger partial charge in [0, 0.05) is 16.6 Å². The summed E-state index contributed by atoms with van der Waals surface area (Å²) >= 11 is 1.72. The highest BCUT2D eigenvalue weighted by Crippen LogP contribution is 2.30. The van der Waals surface area contributed by atoms with Gasteiger partial charge in [0.15, 0.2) is 0 Å². The second kappa shape index (κ2) is 4.15. The molecule has 0 aliphatic rings. The van der Waals surface area contributed by atoms with E-state index in [4.69, 9.17) is 0 Å². The molecule has 1 aromatic carbocycles. The maximum absolute atomic E-state index is 4.54. The minimum absolute atomic E-state index is 0.547. The molecule has 0 spiro atoms. The Morgan fingerprint density at radius 2 is 1.93 bits per heavy atom. The molecule has 0 aliphatic heterocycles. The predicted molar refractivity (Wildman–Crippen MR) is 66.4 cm³/mol. The number of nitrogens with zero attached hydrogens (tertiary/aromatic N) is 1. The first-order valence-electron chi connectivity index (χ1n) is 5.20. The molecule has 0 fully saturated rings. The van der Waals surface area contributed by atoms with E-state index in [0.717, 1.165) is 10.7 Å². The van der Waals surface area contributed by atoms with Crippen molar-refractivity contribution < 1.29 is 0 Å². The van der Waals surface area contributed by atoms with Gasteiger partial charge in [-0.1, -0.05) is 38.1 Å². The van der Waals surface area contributed by atoms with Gasteiger partial charge in [0.1, 0.15) is 5.01 Å². The fraction of sp³-hybridized carbons (Fsp3) is 0.308. The van der Waals surface area contributed by atoms with E-state index in [9.17, 15) is 0 Å². The number of rotatable bonds is 2. The first-order valence-corrected chi connectivity index (χ1v) is 6.08. The molecular formula is C13H15NS. The first-order chi connectivity index (χ1) is 7.18. The fourth-order valence-corrected chi connectivity index (χ4v) is 2.52. The highest BCUT2D eigenvalue weighted by Gasteiger charge is 2.09. The van der Waals surface area contributed by atoms with Crippen LogP contribution in [0.15, 0.2) is 29.6 Å². The fourth-order valence-electron chi connectivity index (χ4n) is 1.67. The van der Waals surface area contributed by atoms with Crippen LogP contribution in [-0.2, 0) is 0 Å². The van der Waals surface area contributed by atoms with E-state index in [1.165, 1.54) is 11.1 Å². The van der Waals surface area contributed by atoms with Crippen LogP contribution in [0, 0.1) is 6.92 Å². The van der Waals surface area contributed by atoms with Gasteiger partial charge in [-0.2, -0.15) is 0 Å². The lowest BCUT2D eigenvalue weighted by atomic mass is 9.98. The van der Waals surface area contributed by atoms with Crippen LogP contribution in [0.5, 0.6) is 0 Å². The van der Waals surface area contributed by atoms with Crippen molar-refractivity contribution in [1.82, 2.24) is 4.98 Å². The van der Waals surface area contributed by atoms with E-state index in [-0.39, 0.29) is 0 Å². The van der Waals surface area contributed by atoms with Crippen molar-refractivity contribution in [3.05, 3.63) is 40.9 Å². The standard InChI is InChI=1S/C13H15NS/c1-9(2)11-6-4-5-7-12(11)13-14-10(3)8-15-13/h4-9H,1-3H3. The Bertz CT molecular complexity index is 457. The van der Waals surface area contributed by atoms with Crippen LogP contribution >= 0.6 is 11.3 Å². The van der Waals surface area contributed by atoms with Crippen LogP contribution in [-0.4, -0.2) is 4.98 Å². The number of benzene rings is 1. The molecule has 2 heteroatoms. The summed E-state index contributed by atoms with van der Waals surface area (Å²) in [4.78, 5) is 4.54. The predicted octanol–water partition coefficient (Wildman–Crippen LogP) is 4.24. The molecule has 0 saturated heterocycles. The van der Waals surface area contributed by atoms with Crippen molar-refractivity contribution in [2.24, 2.45) is 0 Å². The number of aromatic nitrogens is 1. The van der Waals surface area contributed by atoms with Gasteiger partial charge in [0.05, 0.1) is 0 Å². The Morgan fingerprint density at radius 1 is 1.20 bits per heavy atom. The molecule has 78 valence electrons. The Labute approximate surface area is 94.8 Å². The summed E-state index contributed by atoms with van der Waals surface area (Å²) < 4.78 is 0. The molecule has 0 bridgehead atoms.